The Morgan fingerprint density at radius 3 is 3.00 bits per heavy atom. The van der Waals surface area contributed by atoms with Gasteiger partial charge in [-0.05, 0) is 24.8 Å². The molecule has 94 valence electrons. The molecule has 0 aliphatic rings. The van der Waals surface area contributed by atoms with Gasteiger partial charge in [0.25, 0.3) is 0 Å². The van der Waals surface area contributed by atoms with E-state index in [-0.39, 0.29) is 5.84 Å². The van der Waals surface area contributed by atoms with Crippen LogP contribution in [0.25, 0.3) is 0 Å². The molecule has 0 atom stereocenters. The van der Waals surface area contributed by atoms with Gasteiger partial charge in [-0.2, -0.15) is 5.10 Å². The molecule has 0 aromatic carbocycles. The van der Waals surface area contributed by atoms with E-state index in [1.807, 2.05) is 0 Å². The van der Waals surface area contributed by atoms with E-state index in [1.165, 1.54) is 6.20 Å². The van der Waals surface area contributed by atoms with E-state index in [1.54, 1.807) is 6.07 Å². The molecule has 0 saturated heterocycles. The number of hydrogen-bond acceptors (Lipinski definition) is 5. The molecule has 0 aliphatic carbocycles. The second-order valence-corrected chi connectivity index (χ2v) is 4.12. The molecule has 0 radical (unpaired) electrons. The van der Waals surface area contributed by atoms with Gasteiger partial charge in [-0.1, -0.05) is 19.0 Å². The van der Waals surface area contributed by atoms with E-state index in [0.717, 1.165) is 12.8 Å². The lowest BCUT2D eigenvalue weighted by atomic mass is 10.1. The predicted octanol–water partition coefficient (Wildman–Crippen LogP) is 1.39. The van der Waals surface area contributed by atoms with Gasteiger partial charge in [-0.3, -0.25) is 0 Å². The first-order valence-corrected chi connectivity index (χ1v) is 5.57. The second-order valence-electron chi connectivity index (χ2n) is 4.12. The summed E-state index contributed by atoms with van der Waals surface area (Å²) in [5, 5.41) is 19.1. The molecule has 0 saturated carbocycles. The van der Waals surface area contributed by atoms with Crippen molar-refractivity contribution in [3.05, 3.63) is 17.8 Å². The largest absolute Gasteiger partial charge is 0.476 e. The molecule has 0 fully saturated rings. The number of hydrogen-bond donors (Lipinski definition) is 2. The summed E-state index contributed by atoms with van der Waals surface area (Å²) in [4.78, 5) is 0. The maximum absolute atomic E-state index is 8.62. The standard InChI is InChI=1S/C11H18N4O2/c1-8(2)4-3-7-17-11-9(10(12)15-16)5-6-13-14-11/h5-6,8,16H,3-4,7H2,1-2H3,(H2,12,15). The van der Waals surface area contributed by atoms with Crippen LogP contribution in [0.15, 0.2) is 17.4 Å². The minimum Gasteiger partial charge on any atom is -0.476 e. The monoisotopic (exact) mass is 238 g/mol. The summed E-state index contributed by atoms with van der Waals surface area (Å²) < 4.78 is 5.46. The van der Waals surface area contributed by atoms with Crippen LogP contribution in [0.4, 0.5) is 0 Å². The van der Waals surface area contributed by atoms with E-state index in [0.29, 0.717) is 24.0 Å². The van der Waals surface area contributed by atoms with Gasteiger partial charge in [-0.25, -0.2) is 0 Å². The third-order valence-corrected chi connectivity index (χ3v) is 2.24. The lowest BCUT2D eigenvalue weighted by Gasteiger charge is -2.09. The number of amidine groups is 1. The van der Waals surface area contributed by atoms with Gasteiger partial charge in [0.05, 0.1) is 18.4 Å². The Morgan fingerprint density at radius 2 is 2.35 bits per heavy atom. The fourth-order valence-electron chi connectivity index (χ4n) is 1.33. The molecule has 1 aromatic heterocycles. The van der Waals surface area contributed by atoms with Crippen molar-refractivity contribution in [2.75, 3.05) is 6.61 Å². The van der Waals surface area contributed by atoms with Crippen LogP contribution in [0.5, 0.6) is 5.88 Å². The molecule has 1 rings (SSSR count). The number of aromatic nitrogens is 2. The van der Waals surface area contributed by atoms with Gasteiger partial charge >= 0.3 is 0 Å². The zero-order chi connectivity index (χ0) is 12.7. The van der Waals surface area contributed by atoms with E-state index in [2.05, 4.69) is 29.2 Å². The molecule has 0 unspecified atom stereocenters. The Bertz CT molecular complexity index is 379. The highest BCUT2D eigenvalue weighted by atomic mass is 16.5. The van der Waals surface area contributed by atoms with Gasteiger partial charge in [0.1, 0.15) is 0 Å². The molecule has 17 heavy (non-hydrogen) atoms. The zero-order valence-electron chi connectivity index (χ0n) is 10.1. The van der Waals surface area contributed by atoms with Crippen molar-refractivity contribution in [3.63, 3.8) is 0 Å². The van der Waals surface area contributed by atoms with Crippen LogP contribution < -0.4 is 10.5 Å². The SMILES string of the molecule is CC(C)CCCOc1nnccc1/C(N)=N/O. The number of oxime groups is 1. The minimum absolute atomic E-state index is 0.0289. The highest BCUT2D eigenvalue weighted by molar-refractivity contribution is 5.98. The highest BCUT2D eigenvalue weighted by Crippen LogP contribution is 2.13. The highest BCUT2D eigenvalue weighted by Gasteiger charge is 2.09. The first-order valence-electron chi connectivity index (χ1n) is 5.57. The van der Waals surface area contributed by atoms with Crippen molar-refractivity contribution in [1.82, 2.24) is 10.2 Å². The summed E-state index contributed by atoms with van der Waals surface area (Å²) in [6, 6.07) is 1.60. The van der Waals surface area contributed by atoms with Crippen LogP contribution >= 0.6 is 0 Å². The summed E-state index contributed by atoms with van der Waals surface area (Å²) in [5.74, 6) is 0.911. The Balaban J connectivity index is 2.58. The topological polar surface area (TPSA) is 93.6 Å². The van der Waals surface area contributed by atoms with Gasteiger partial charge in [0.2, 0.25) is 5.88 Å². The van der Waals surface area contributed by atoms with Gasteiger partial charge in [0.15, 0.2) is 5.84 Å². The Hall–Kier alpha value is -1.85. The number of ether oxygens (including phenoxy) is 1. The van der Waals surface area contributed by atoms with Gasteiger partial charge < -0.3 is 15.7 Å². The average Bonchev–Trinajstić information content (AvgIpc) is 2.34. The third-order valence-electron chi connectivity index (χ3n) is 2.24. The fourth-order valence-corrected chi connectivity index (χ4v) is 1.33. The number of nitrogens with two attached hydrogens (primary N) is 1. The third kappa shape index (κ3) is 4.26. The fraction of sp³-hybridized carbons (Fsp3) is 0.545. The maximum atomic E-state index is 8.62. The zero-order valence-corrected chi connectivity index (χ0v) is 10.1. The van der Waals surface area contributed by atoms with Crippen LogP contribution in [0, 0.1) is 5.92 Å². The van der Waals surface area contributed by atoms with Crippen molar-refractivity contribution >= 4 is 5.84 Å². The molecule has 6 heteroatoms. The summed E-state index contributed by atoms with van der Waals surface area (Å²) in [6.45, 7) is 4.86. The molecular formula is C11H18N4O2. The molecule has 1 heterocycles. The van der Waals surface area contributed by atoms with E-state index < -0.39 is 0 Å². The van der Waals surface area contributed by atoms with Crippen molar-refractivity contribution in [1.29, 1.82) is 0 Å². The summed E-state index contributed by atoms with van der Waals surface area (Å²) in [5.41, 5.74) is 5.95. The molecule has 1 aromatic rings. The second kappa shape index (κ2) is 6.67. The summed E-state index contributed by atoms with van der Waals surface area (Å²) in [6.07, 6.45) is 3.48. The van der Waals surface area contributed by atoms with Gasteiger partial charge in [0, 0.05) is 0 Å². The van der Waals surface area contributed by atoms with Crippen molar-refractivity contribution in [2.24, 2.45) is 16.8 Å². The normalized spacial score (nSPS) is 11.8. The molecule has 0 spiro atoms. The average molecular weight is 238 g/mol. The number of rotatable bonds is 6. The minimum atomic E-state index is -0.0289. The maximum Gasteiger partial charge on any atom is 0.244 e. The van der Waals surface area contributed by atoms with Crippen LogP contribution in [-0.4, -0.2) is 27.8 Å². The van der Waals surface area contributed by atoms with Crippen molar-refractivity contribution < 1.29 is 9.94 Å². The van der Waals surface area contributed by atoms with E-state index in [4.69, 9.17) is 15.7 Å². The summed E-state index contributed by atoms with van der Waals surface area (Å²) >= 11 is 0. The van der Waals surface area contributed by atoms with Crippen LogP contribution in [0.3, 0.4) is 0 Å². The predicted molar refractivity (Wildman–Crippen MR) is 64.1 cm³/mol. The number of nitrogens with zero attached hydrogens (tertiary/aromatic N) is 3. The smallest absolute Gasteiger partial charge is 0.244 e. The summed E-state index contributed by atoms with van der Waals surface area (Å²) in [7, 11) is 0. The molecular weight excluding hydrogens is 220 g/mol. The van der Waals surface area contributed by atoms with E-state index >= 15 is 0 Å². The quantitative estimate of drug-likeness (QED) is 0.257. The first kappa shape index (κ1) is 13.2. The van der Waals surface area contributed by atoms with Gasteiger partial charge in [-0.15, -0.1) is 5.10 Å². The van der Waals surface area contributed by atoms with Crippen molar-refractivity contribution in [3.8, 4) is 5.88 Å². The molecule has 0 amide bonds. The lowest BCUT2D eigenvalue weighted by Crippen LogP contribution is -2.16. The Labute approximate surface area is 100 Å². The van der Waals surface area contributed by atoms with Crippen LogP contribution in [-0.2, 0) is 0 Å². The molecule has 0 aliphatic heterocycles. The Morgan fingerprint density at radius 1 is 1.59 bits per heavy atom. The van der Waals surface area contributed by atoms with Crippen LogP contribution in [0.1, 0.15) is 32.3 Å². The van der Waals surface area contributed by atoms with Crippen molar-refractivity contribution in [2.45, 2.75) is 26.7 Å². The lowest BCUT2D eigenvalue weighted by molar-refractivity contribution is 0.282. The van der Waals surface area contributed by atoms with E-state index in [9.17, 15) is 0 Å². The molecule has 3 N–H and O–H groups in total. The first-order chi connectivity index (χ1) is 8.15. The molecule has 0 bridgehead atoms. The molecule has 6 nitrogen and oxygen atoms in total. The Kier molecular flexibility index (Phi) is 5.19. The van der Waals surface area contributed by atoms with Crippen LogP contribution in [0.2, 0.25) is 0 Å².